The topological polar surface area (TPSA) is 16.8 Å². The van der Waals surface area contributed by atoms with Crippen LogP contribution in [0.15, 0.2) is 54.9 Å². The quantitative estimate of drug-likeness (QED) is 0.322. The first-order valence-electron chi connectivity index (χ1n) is 11.3. The van der Waals surface area contributed by atoms with Crippen molar-refractivity contribution in [3.63, 3.8) is 0 Å². The lowest BCUT2D eigenvalue weighted by Gasteiger charge is -2.24. The smallest absolute Gasteiger partial charge is 0.232 e. The summed E-state index contributed by atoms with van der Waals surface area (Å²) < 4.78 is 2.19. The molecular formula is C29H35N2+. The Balaban J connectivity index is 2.08. The molecule has 0 spiro atoms. The van der Waals surface area contributed by atoms with E-state index in [1.165, 1.54) is 44.1 Å². The number of nitrogens with zero attached hydrogens (tertiary/aromatic N) is 2. The normalized spacial score (nSPS) is 12.6. The van der Waals surface area contributed by atoms with Gasteiger partial charge in [-0.1, -0.05) is 71.9 Å². The maximum absolute atomic E-state index is 4.73. The van der Waals surface area contributed by atoms with E-state index in [-0.39, 0.29) is 10.8 Å². The van der Waals surface area contributed by atoms with Gasteiger partial charge in [-0.15, -0.1) is 0 Å². The van der Waals surface area contributed by atoms with Gasteiger partial charge in [0.05, 0.1) is 12.4 Å². The Morgan fingerprint density at radius 1 is 0.839 bits per heavy atom. The average Bonchev–Trinajstić information content (AvgIpc) is 2.67. The second-order valence-corrected chi connectivity index (χ2v) is 11.2. The van der Waals surface area contributed by atoms with Crippen LogP contribution in [-0.4, -0.2) is 4.98 Å². The molecule has 1 heterocycles. The Hall–Kier alpha value is -2.74. The van der Waals surface area contributed by atoms with Gasteiger partial charge >= 0.3 is 0 Å². The second kappa shape index (κ2) is 7.44. The van der Waals surface area contributed by atoms with Crippen LogP contribution in [0.2, 0.25) is 0 Å². The fourth-order valence-corrected chi connectivity index (χ4v) is 4.73. The molecule has 0 N–H and O–H groups in total. The number of fused-ring (bicyclic) bond motifs is 2. The van der Waals surface area contributed by atoms with Crippen LogP contribution in [0.1, 0.15) is 58.2 Å². The van der Waals surface area contributed by atoms with E-state index in [0.29, 0.717) is 0 Å². The molecule has 2 nitrogen and oxygen atoms in total. The van der Waals surface area contributed by atoms with Gasteiger partial charge in [-0.25, -0.2) is 4.57 Å². The number of hydrogen-bond donors (Lipinski definition) is 0. The lowest BCUT2D eigenvalue weighted by Crippen LogP contribution is -2.32. The Morgan fingerprint density at radius 2 is 1.52 bits per heavy atom. The average molecular weight is 412 g/mol. The number of rotatable bonds is 2. The zero-order chi connectivity index (χ0) is 22.6. The van der Waals surface area contributed by atoms with Crippen molar-refractivity contribution < 1.29 is 4.57 Å². The lowest BCUT2D eigenvalue weighted by molar-refractivity contribution is -0.662. The molecule has 0 radical (unpaired) electrons. The van der Waals surface area contributed by atoms with Gasteiger partial charge in [0.2, 0.25) is 0 Å². The van der Waals surface area contributed by atoms with Gasteiger partial charge in [-0.2, -0.15) is 0 Å². The van der Waals surface area contributed by atoms with E-state index in [2.05, 4.69) is 109 Å². The van der Waals surface area contributed by atoms with Crippen LogP contribution in [0.25, 0.3) is 32.9 Å². The largest absolute Gasteiger partial charge is 0.287 e. The number of benzene rings is 3. The molecule has 4 rings (SSSR count). The van der Waals surface area contributed by atoms with Gasteiger partial charge in [0.25, 0.3) is 6.33 Å². The summed E-state index contributed by atoms with van der Waals surface area (Å²) in [6.45, 7) is 16.1. The highest BCUT2D eigenvalue weighted by Crippen LogP contribution is 2.38. The molecule has 0 aliphatic rings. The minimum absolute atomic E-state index is 0.0564. The van der Waals surface area contributed by atoms with E-state index in [1.54, 1.807) is 0 Å². The van der Waals surface area contributed by atoms with Gasteiger partial charge in [-0.3, -0.25) is 0 Å². The first-order valence-corrected chi connectivity index (χ1v) is 11.3. The number of hydrogen-bond acceptors (Lipinski definition) is 1. The summed E-state index contributed by atoms with van der Waals surface area (Å²) in [7, 11) is 2.11. The van der Waals surface area contributed by atoms with Crippen LogP contribution in [0.4, 0.5) is 0 Å². The molecule has 31 heavy (non-hydrogen) atoms. The van der Waals surface area contributed by atoms with Crippen LogP contribution >= 0.6 is 0 Å². The Bertz CT molecular complexity index is 1280. The van der Waals surface area contributed by atoms with Crippen molar-refractivity contribution in [2.24, 2.45) is 12.5 Å². The SMILES string of the molecule is Cc1c(-c2c3cc(CC(C)(C)C)ccc3nc[n+]2C)cc(C(C)(C)C)c2ccccc12. The summed E-state index contributed by atoms with van der Waals surface area (Å²) in [5.41, 5.74) is 7.98. The van der Waals surface area contributed by atoms with Crippen LogP contribution in [0, 0.1) is 12.3 Å². The van der Waals surface area contributed by atoms with Crippen molar-refractivity contribution in [2.45, 2.75) is 60.3 Å². The zero-order valence-corrected chi connectivity index (χ0v) is 20.3. The summed E-state index contributed by atoms with van der Waals surface area (Å²) >= 11 is 0. The van der Waals surface area contributed by atoms with Gasteiger partial charge < -0.3 is 0 Å². The molecule has 0 unspecified atom stereocenters. The van der Waals surface area contributed by atoms with Crippen molar-refractivity contribution in [3.8, 4) is 11.3 Å². The molecular weight excluding hydrogens is 376 g/mol. The van der Waals surface area contributed by atoms with E-state index in [9.17, 15) is 0 Å². The van der Waals surface area contributed by atoms with Crippen LogP contribution < -0.4 is 4.57 Å². The molecule has 0 aliphatic heterocycles. The molecule has 0 saturated carbocycles. The lowest BCUT2D eigenvalue weighted by atomic mass is 9.80. The Kier molecular flexibility index (Phi) is 5.16. The highest BCUT2D eigenvalue weighted by Gasteiger charge is 2.24. The van der Waals surface area contributed by atoms with Gasteiger partial charge in [0.1, 0.15) is 5.69 Å². The summed E-state index contributed by atoms with van der Waals surface area (Å²) in [5, 5.41) is 3.91. The molecule has 2 heteroatoms. The monoisotopic (exact) mass is 411 g/mol. The van der Waals surface area contributed by atoms with Gasteiger partial charge in [0.15, 0.2) is 5.52 Å². The van der Waals surface area contributed by atoms with E-state index in [1.807, 2.05) is 6.33 Å². The zero-order valence-electron chi connectivity index (χ0n) is 20.3. The highest BCUT2D eigenvalue weighted by molar-refractivity contribution is 5.99. The molecule has 160 valence electrons. The van der Waals surface area contributed by atoms with E-state index in [4.69, 9.17) is 4.98 Å². The first kappa shape index (κ1) is 21.5. The van der Waals surface area contributed by atoms with Crippen molar-refractivity contribution >= 4 is 21.7 Å². The van der Waals surface area contributed by atoms with Crippen molar-refractivity contribution in [1.29, 1.82) is 0 Å². The third-order valence-corrected chi connectivity index (χ3v) is 6.15. The van der Waals surface area contributed by atoms with Gasteiger partial charge in [0, 0.05) is 5.56 Å². The van der Waals surface area contributed by atoms with Crippen molar-refractivity contribution in [3.05, 3.63) is 71.5 Å². The molecule has 0 amide bonds. The second-order valence-electron chi connectivity index (χ2n) is 11.2. The Morgan fingerprint density at radius 3 is 2.16 bits per heavy atom. The highest BCUT2D eigenvalue weighted by atomic mass is 15.0. The molecule has 0 fully saturated rings. The predicted octanol–water partition coefficient (Wildman–Crippen LogP) is 7.07. The molecule has 0 bridgehead atoms. The number of aromatic nitrogens is 2. The molecule has 1 aromatic heterocycles. The van der Waals surface area contributed by atoms with E-state index in [0.717, 1.165) is 11.9 Å². The standard InChI is InChI=1S/C29H35N2/c1-19-21-11-9-10-12-22(21)25(29(5,6)7)16-23(19)27-24-15-20(17-28(2,3)4)13-14-26(24)30-18-31(27)8/h9-16,18H,17H2,1-8H3/q+1. The molecule has 0 aliphatic carbocycles. The maximum atomic E-state index is 4.73. The maximum Gasteiger partial charge on any atom is 0.287 e. The fourth-order valence-electron chi connectivity index (χ4n) is 4.73. The molecule has 3 aromatic carbocycles. The fraction of sp³-hybridized carbons (Fsp3) is 0.379. The minimum Gasteiger partial charge on any atom is -0.232 e. The molecule has 0 atom stereocenters. The van der Waals surface area contributed by atoms with Gasteiger partial charge in [-0.05, 0) is 74.8 Å². The number of aryl methyl sites for hydroxylation is 2. The van der Waals surface area contributed by atoms with Crippen molar-refractivity contribution in [1.82, 2.24) is 4.98 Å². The van der Waals surface area contributed by atoms with E-state index >= 15 is 0 Å². The summed E-state index contributed by atoms with van der Waals surface area (Å²) in [6, 6.07) is 18.0. The molecule has 4 aromatic rings. The summed E-state index contributed by atoms with van der Waals surface area (Å²) in [6.07, 6.45) is 3.00. The molecule has 0 saturated heterocycles. The van der Waals surface area contributed by atoms with Crippen molar-refractivity contribution in [2.75, 3.05) is 0 Å². The summed E-state index contributed by atoms with van der Waals surface area (Å²) in [4.78, 5) is 4.73. The minimum atomic E-state index is 0.0564. The van der Waals surface area contributed by atoms with Crippen LogP contribution in [-0.2, 0) is 18.9 Å². The summed E-state index contributed by atoms with van der Waals surface area (Å²) in [5.74, 6) is 0. The van der Waals surface area contributed by atoms with Crippen LogP contribution in [0.3, 0.4) is 0 Å². The van der Waals surface area contributed by atoms with E-state index < -0.39 is 0 Å². The first-order chi connectivity index (χ1) is 14.5. The Labute approximate surface area is 187 Å². The predicted molar refractivity (Wildman–Crippen MR) is 132 cm³/mol. The third-order valence-electron chi connectivity index (χ3n) is 6.15. The van der Waals surface area contributed by atoms with Crippen LogP contribution in [0.5, 0.6) is 0 Å². The third kappa shape index (κ3) is 4.08.